The first-order valence-corrected chi connectivity index (χ1v) is 12.5. The number of piperazine rings is 1. The molecule has 3 aliphatic heterocycles. The molecule has 10 nitrogen and oxygen atoms in total. The van der Waals surface area contributed by atoms with E-state index in [-0.39, 0.29) is 18.7 Å². The first kappa shape index (κ1) is 22.7. The number of carbonyl (C=O) groups excluding carboxylic acids is 2. The number of aryl methyl sites for hydroxylation is 1. The van der Waals surface area contributed by atoms with E-state index < -0.39 is 0 Å². The highest BCUT2D eigenvalue weighted by atomic mass is 16.7. The first-order chi connectivity index (χ1) is 17.5. The zero-order valence-electron chi connectivity index (χ0n) is 20.4. The van der Waals surface area contributed by atoms with Crippen LogP contribution in [0.5, 0.6) is 11.5 Å². The molecule has 0 spiro atoms. The summed E-state index contributed by atoms with van der Waals surface area (Å²) < 4.78 is 12.8. The van der Waals surface area contributed by atoms with Crippen LogP contribution in [0.1, 0.15) is 29.0 Å². The lowest BCUT2D eigenvalue weighted by atomic mass is 10.2. The summed E-state index contributed by atoms with van der Waals surface area (Å²) in [5, 5.41) is 2.95. The quantitative estimate of drug-likeness (QED) is 0.605. The van der Waals surface area contributed by atoms with Crippen molar-refractivity contribution in [1.29, 1.82) is 0 Å². The number of hydrogen-bond donors (Lipinski definition) is 1. The third-order valence-corrected chi connectivity index (χ3v) is 7.26. The molecule has 1 aromatic heterocycles. The lowest BCUT2D eigenvalue weighted by Crippen LogP contribution is -2.49. The Kier molecular flexibility index (Phi) is 5.88. The van der Waals surface area contributed by atoms with Crippen LogP contribution in [-0.2, 0) is 13.6 Å². The zero-order valence-corrected chi connectivity index (χ0v) is 20.4. The van der Waals surface area contributed by atoms with E-state index >= 15 is 0 Å². The molecule has 3 amide bonds. The molecular formula is C26H30N6O4. The molecule has 3 aliphatic rings. The van der Waals surface area contributed by atoms with E-state index in [1.165, 1.54) is 0 Å². The van der Waals surface area contributed by atoms with E-state index in [1.54, 1.807) is 12.1 Å². The molecule has 0 radical (unpaired) electrons. The number of likely N-dealkylation sites (tertiary alicyclic amines) is 1. The number of urea groups is 1. The van der Waals surface area contributed by atoms with Gasteiger partial charge in [-0.2, -0.15) is 0 Å². The standard InChI is InChI=1S/C26H30N6O4/c1-29-21-6-4-18(25(33)31-8-2-3-9-31)14-20(21)28-24(29)16-30-10-12-32(13-11-30)26(34)27-19-5-7-22-23(15-19)36-17-35-22/h4-7,14-15H,2-3,8-13,16-17H2,1H3,(H,27,34). The number of aromatic nitrogens is 2. The van der Waals surface area contributed by atoms with Crippen LogP contribution in [0.15, 0.2) is 36.4 Å². The Hall–Kier alpha value is -3.79. The lowest BCUT2D eigenvalue weighted by molar-refractivity contribution is 0.0793. The van der Waals surface area contributed by atoms with E-state index in [0.717, 1.165) is 55.9 Å². The topological polar surface area (TPSA) is 92.2 Å². The molecule has 2 saturated heterocycles. The van der Waals surface area contributed by atoms with Crippen LogP contribution >= 0.6 is 0 Å². The van der Waals surface area contributed by atoms with Crippen molar-refractivity contribution < 1.29 is 19.1 Å². The number of ether oxygens (including phenoxy) is 2. The van der Waals surface area contributed by atoms with Gasteiger partial charge in [0, 0.05) is 63.6 Å². The van der Waals surface area contributed by atoms with Gasteiger partial charge in [-0.15, -0.1) is 0 Å². The van der Waals surface area contributed by atoms with Crippen molar-refractivity contribution in [3.05, 3.63) is 47.8 Å². The highest BCUT2D eigenvalue weighted by Crippen LogP contribution is 2.34. The second-order valence-electron chi connectivity index (χ2n) is 9.55. The van der Waals surface area contributed by atoms with Gasteiger partial charge in [-0.1, -0.05) is 0 Å². The van der Waals surface area contributed by atoms with Gasteiger partial charge in [0.2, 0.25) is 6.79 Å². The summed E-state index contributed by atoms with van der Waals surface area (Å²) in [7, 11) is 2.02. The molecule has 0 unspecified atom stereocenters. The van der Waals surface area contributed by atoms with Gasteiger partial charge < -0.3 is 29.2 Å². The van der Waals surface area contributed by atoms with Crippen molar-refractivity contribution in [2.45, 2.75) is 19.4 Å². The minimum absolute atomic E-state index is 0.0942. The Morgan fingerprint density at radius 1 is 0.917 bits per heavy atom. The maximum Gasteiger partial charge on any atom is 0.321 e. The van der Waals surface area contributed by atoms with Gasteiger partial charge in [-0.3, -0.25) is 9.69 Å². The second kappa shape index (κ2) is 9.34. The van der Waals surface area contributed by atoms with Crippen LogP contribution in [0, 0.1) is 0 Å². The molecule has 6 rings (SSSR count). The zero-order chi connectivity index (χ0) is 24.6. The molecule has 1 N–H and O–H groups in total. The fourth-order valence-electron chi connectivity index (χ4n) is 5.11. The van der Waals surface area contributed by atoms with E-state index in [9.17, 15) is 9.59 Å². The molecule has 2 aromatic carbocycles. The van der Waals surface area contributed by atoms with Gasteiger partial charge >= 0.3 is 6.03 Å². The molecule has 188 valence electrons. The highest BCUT2D eigenvalue weighted by molar-refractivity contribution is 5.97. The minimum Gasteiger partial charge on any atom is -0.454 e. The van der Waals surface area contributed by atoms with Crippen LogP contribution in [0.2, 0.25) is 0 Å². The van der Waals surface area contributed by atoms with E-state index in [4.69, 9.17) is 14.5 Å². The van der Waals surface area contributed by atoms with Crippen molar-refractivity contribution in [1.82, 2.24) is 24.3 Å². The number of benzene rings is 2. The number of fused-ring (bicyclic) bond motifs is 2. The van der Waals surface area contributed by atoms with E-state index in [1.807, 2.05) is 41.1 Å². The summed E-state index contributed by atoms with van der Waals surface area (Å²) >= 11 is 0. The molecule has 0 saturated carbocycles. The Bertz CT molecular complexity index is 1310. The van der Waals surface area contributed by atoms with Gasteiger partial charge in [-0.05, 0) is 43.2 Å². The Morgan fingerprint density at radius 2 is 1.69 bits per heavy atom. The van der Waals surface area contributed by atoms with Crippen LogP contribution in [0.3, 0.4) is 0 Å². The predicted molar refractivity (Wildman–Crippen MR) is 134 cm³/mol. The maximum absolute atomic E-state index is 12.8. The Balaban J connectivity index is 1.06. The molecule has 2 fully saturated rings. The molecular weight excluding hydrogens is 460 g/mol. The average molecular weight is 491 g/mol. The largest absolute Gasteiger partial charge is 0.454 e. The van der Waals surface area contributed by atoms with Crippen LogP contribution < -0.4 is 14.8 Å². The SMILES string of the molecule is Cn1c(CN2CCN(C(=O)Nc3ccc4c(c3)OCO4)CC2)nc2cc(C(=O)N3CCCC3)ccc21. The van der Waals surface area contributed by atoms with Crippen LogP contribution in [0.25, 0.3) is 11.0 Å². The molecule has 3 aromatic rings. The number of nitrogens with zero attached hydrogens (tertiary/aromatic N) is 5. The minimum atomic E-state index is -0.119. The molecule has 4 heterocycles. The molecule has 0 bridgehead atoms. The Labute approximate surface area is 209 Å². The van der Waals surface area contributed by atoms with Crippen LogP contribution in [0.4, 0.5) is 10.5 Å². The van der Waals surface area contributed by atoms with Crippen molar-refractivity contribution >= 4 is 28.7 Å². The van der Waals surface area contributed by atoms with Crippen molar-refractivity contribution in [2.75, 3.05) is 51.4 Å². The monoisotopic (exact) mass is 490 g/mol. The summed E-state index contributed by atoms with van der Waals surface area (Å²) in [6.07, 6.45) is 2.16. The number of anilines is 1. The second-order valence-corrected chi connectivity index (χ2v) is 9.55. The van der Waals surface area contributed by atoms with Gasteiger partial charge in [0.1, 0.15) is 5.82 Å². The summed E-state index contributed by atoms with van der Waals surface area (Å²) in [4.78, 5) is 36.5. The predicted octanol–water partition coefficient (Wildman–Crippen LogP) is 2.89. The maximum atomic E-state index is 12.8. The summed E-state index contributed by atoms with van der Waals surface area (Å²) in [6, 6.07) is 11.1. The normalized spacial score (nSPS) is 17.7. The summed E-state index contributed by atoms with van der Waals surface area (Å²) in [6.45, 7) is 5.36. The van der Waals surface area contributed by atoms with Gasteiger partial charge in [0.05, 0.1) is 17.6 Å². The van der Waals surface area contributed by atoms with Crippen molar-refractivity contribution in [2.24, 2.45) is 7.05 Å². The fourth-order valence-corrected chi connectivity index (χ4v) is 5.11. The van der Waals surface area contributed by atoms with Gasteiger partial charge in [-0.25, -0.2) is 9.78 Å². The van der Waals surface area contributed by atoms with Crippen molar-refractivity contribution in [3.63, 3.8) is 0 Å². The average Bonchev–Trinajstić information content (AvgIpc) is 3.65. The molecule has 0 atom stereocenters. The molecule has 0 aliphatic carbocycles. The van der Waals surface area contributed by atoms with Crippen LogP contribution in [-0.4, -0.2) is 82.3 Å². The third-order valence-electron chi connectivity index (χ3n) is 7.26. The Morgan fingerprint density at radius 3 is 2.50 bits per heavy atom. The van der Waals surface area contributed by atoms with Gasteiger partial charge in [0.25, 0.3) is 5.91 Å². The molecule has 10 heteroatoms. The van der Waals surface area contributed by atoms with E-state index in [2.05, 4.69) is 14.8 Å². The number of hydrogen-bond acceptors (Lipinski definition) is 6. The first-order valence-electron chi connectivity index (χ1n) is 12.5. The number of rotatable bonds is 4. The molecule has 36 heavy (non-hydrogen) atoms. The van der Waals surface area contributed by atoms with Crippen molar-refractivity contribution in [3.8, 4) is 11.5 Å². The smallest absolute Gasteiger partial charge is 0.321 e. The summed E-state index contributed by atoms with van der Waals surface area (Å²) in [5.41, 5.74) is 3.26. The van der Waals surface area contributed by atoms with E-state index in [0.29, 0.717) is 42.4 Å². The third kappa shape index (κ3) is 4.32. The highest BCUT2D eigenvalue weighted by Gasteiger charge is 2.24. The lowest BCUT2D eigenvalue weighted by Gasteiger charge is -2.34. The number of carbonyl (C=O) groups is 2. The fraction of sp³-hybridized carbons (Fsp3) is 0.423. The van der Waals surface area contributed by atoms with Gasteiger partial charge in [0.15, 0.2) is 11.5 Å². The number of nitrogens with one attached hydrogen (secondary N) is 1. The number of imidazole rings is 1. The number of amides is 3. The summed E-state index contributed by atoms with van der Waals surface area (Å²) in [5.74, 6) is 2.39.